The lowest BCUT2D eigenvalue weighted by molar-refractivity contribution is -0.154. The molecular weight excluding hydrogens is 637 g/mol. The second kappa shape index (κ2) is 38.7. The molecule has 0 spiro atoms. The van der Waals surface area contributed by atoms with E-state index in [9.17, 15) is 14.3 Å². The van der Waals surface area contributed by atoms with Crippen molar-refractivity contribution < 1.29 is 32.8 Å². The Morgan fingerprint density at radius 3 is 1.29 bits per heavy atom. The molecule has 0 aliphatic heterocycles. The Bertz CT molecular complexity index is 727. The van der Waals surface area contributed by atoms with Gasteiger partial charge in [-0.3, -0.25) is 13.8 Å². The van der Waals surface area contributed by atoms with E-state index in [1.54, 1.807) is 0 Å². The van der Waals surface area contributed by atoms with Crippen LogP contribution in [0.1, 0.15) is 213 Å². The number of esters is 1. The molecule has 2 unspecified atom stereocenters. The Hall–Kier alpha value is -0.500. The van der Waals surface area contributed by atoms with Crippen molar-refractivity contribution in [1.29, 1.82) is 0 Å². The highest BCUT2D eigenvalue weighted by atomic mass is 31.2. The SMILES string of the molecule is CCCCCCCCCCCCCCCCCCOCC(COP(=O)(O)OCCN)OC(=O)CCCCCCCCCCCCCCCC. The van der Waals surface area contributed by atoms with Gasteiger partial charge in [0.25, 0.3) is 0 Å². The molecule has 8 nitrogen and oxygen atoms in total. The molecule has 49 heavy (non-hydrogen) atoms. The quantitative estimate of drug-likeness (QED) is 0.0364. The van der Waals surface area contributed by atoms with Gasteiger partial charge in [-0.2, -0.15) is 0 Å². The van der Waals surface area contributed by atoms with Crippen molar-refractivity contribution in [1.82, 2.24) is 0 Å². The summed E-state index contributed by atoms with van der Waals surface area (Å²) in [6.07, 6.45) is 38.2. The van der Waals surface area contributed by atoms with Crippen molar-refractivity contribution >= 4 is 13.8 Å². The zero-order valence-corrected chi connectivity index (χ0v) is 33.3. The van der Waals surface area contributed by atoms with Crippen molar-refractivity contribution in [3.8, 4) is 0 Å². The Balaban J connectivity index is 3.99. The highest BCUT2D eigenvalue weighted by Gasteiger charge is 2.25. The second-order valence-corrected chi connectivity index (χ2v) is 15.7. The number of phosphoric acid groups is 1. The molecule has 0 aromatic rings. The minimum atomic E-state index is -4.26. The minimum Gasteiger partial charge on any atom is -0.457 e. The largest absolute Gasteiger partial charge is 0.472 e. The predicted octanol–water partition coefficient (Wildman–Crippen LogP) is 12.1. The number of unbranched alkanes of at least 4 members (excludes halogenated alkanes) is 28. The lowest BCUT2D eigenvalue weighted by Crippen LogP contribution is -2.28. The van der Waals surface area contributed by atoms with E-state index < -0.39 is 13.9 Å². The molecule has 0 bridgehead atoms. The van der Waals surface area contributed by atoms with Gasteiger partial charge >= 0.3 is 13.8 Å². The molecule has 2 atom stereocenters. The summed E-state index contributed by atoms with van der Waals surface area (Å²) < 4.78 is 33.4. The number of phosphoric ester groups is 1. The fraction of sp³-hybridized carbons (Fsp3) is 0.975. The van der Waals surface area contributed by atoms with Crippen LogP contribution in [0.4, 0.5) is 0 Å². The van der Waals surface area contributed by atoms with Gasteiger partial charge in [0.15, 0.2) is 0 Å². The highest BCUT2D eigenvalue weighted by Crippen LogP contribution is 2.43. The zero-order chi connectivity index (χ0) is 35.9. The van der Waals surface area contributed by atoms with Crippen LogP contribution in [0.25, 0.3) is 0 Å². The molecule has 0 amide bonds. The summed E-state index contributed by atoms with van der Waals surface area (Å²) in [5.41, 5.74) is 5.36. The van der Waals surface area contributed by atoms with Crippen LogP contribution >= 0.6 is 7.82 Å². The van der Waals surface area contributed by atoms with E-state index in [0.29, 0.717) is 13.0 Å². The molecule has 0 saturated carbocycles. The molecule has 3 N–H and O–H groups in total. The Kier molecular flexibility index (Phi) is 38.3. The van der Waals surface area contributed by atoms with Gasteiger partial charge in [0.2, 0.25) is 0 Å². The third-order valence-electron chi connectivity index (χ3n) is 9.27. The van der Waals surface area contributed by atoms with Crippen LogP contribution in [-0.2, 0) is 27.9 Å². The first-order valence-corrected chi connectivity index (χ1v) is 22.5. The number of rotatable bonds is 41. The van der Waals surface area contributed by atoms with Gasteiger partial charge in [0, 0.05) is 19.6 Å². The normalized spacial score (nSPS) is 13.5. The fourth-order valence-corrected chi connectivity index (χ4v) is 6.94. The first kappa shape index (κ1) is 48.5. The summed E-state index contributed by atoms with van der Waals surface area (Å²) in [6, 6.07) is 0. The number of carbonyl (C=O) groups is 1. The van der Waals surface area contributed by atoms with E-state index in [1.165, 1.54) is 161 Å². The Morgan fingerprint density at radius 2 is 0.898 bits per heavy atom. The molecule has 9 heteroatoms. The van der Waals surface area contributed by atoms with Crippen molar-refractivity contribution in [2.45, 2.75) is 219 Å². The highest BCUT2D eigenvalue weighted by molar-refractivity contribution is 7.47. The van der Waals surface area contributed by atoms with Crippen LogP contribution < -0.4 is 5.73 Å². The summed E-state index contributed by atoms with van der Waals surface area (Å²) in [6.45, 7) is 4.98. The van der Waals surface area contributed by atoms with Crippen molar-refractivity contribution in [3.05, 3.63) is 0 Å². The van der Waals surface area contributed by atoms with Crippen LogP contribution in [0.2, 0.25) is 0 Å². The smallest absolute Gasteiger partial charge is 0.457 e. The van der Waals surface area contributed by atoms with Gasteiger partial charge in [-0.05, 0) is 12.8 Å². The van der Waals surface area contributed by atoms with E-state index in [0.717, 1.165) is 32.1 Å². The van der Waals surface area contributed by atoms with Crippen LogP contribution in [0.3, 0.4) is 0 Å². The van der Waals surface area contributed by atoms with Gasteiger partial charge in [-0.15, -0.1) is 0 Å². The van der Waals surface area contributed by atoms with Gasteiger partial charge < -0.3 is 20.1 Å². The molecule has 0 aromatic heterocycles. The number of hydrogen-bond donors (Lipinski definition) is 2. The number of nitrogens with two attached hydrogens (primary N) is 1. The average Bonchev–Trinajstić information content (AvgIpc) is 3.09. The van der Waals surface area contributed by atoms with Crippen molar-refractivity contribution in [2.75, 3.05) is 33.0 Å². The molecule has 0 aliphatic rings. The molecule has 0 fully saturated rings. The summed E-state index contributed by atoms with van der Waals surface area (Å²) in [7, 11) is -4.26. The maximum absolute atomic E-state index is 12.5. The molecular formula is C40H82NO7P. The third kappa shape index (κ3) is 38.6. The van der Waals surface area contributed by atoms with Crippen LogP contribution in [0.5, 0.6) is 0 Å². The summed E-state index contributed by atoms with van der Waals surface area (Å²) in [5.74, 6) is -0.325. The van der Waals surface area contributed by atoms with Gasteiger partial charge in [-0.1, -0.05) is 194 Å². The van der Waals surface area contributed by atoms with E-state index in [-0.39, 0.29) is 32.3 Å². The van der Waals surface area contributed by atoms with E-state index in [4.69, 9.17) is 24.3 Å². The van der Waals surface area contributed by atoms with E-state index in [2.05, 4.69) is 13.8 Å². The maximum atomic E-state index is 12.5. The minimum absolute atomic E-state index is 0.0902. The van der Waals surface area contributed by atoms with E-state index in [1.807, 2.05) is 0 Å². The maximum Gasteiger partial charge on any atom is 0.472 e. The number of carbonyl (C=O) groups excluding carboxylic acids is 1. The Labute approximate surface area is 303 Å². The van der Waals surface area contributed by atoms with Crippen LogP contribution in [0, 0.1) is 0 Å². The standard InChI is InChI=1S/C40H82NO7P/c1-3-5-7-9-11-13-15-17-19-20-22-24-26-28-30-32-35-45-37-39(38-47-49(43,44)46-36-34-41)48-40(42)33-31-29-27-25-23-21-18-16-14-12-10-8-6-4-2/h39H,3-38,41H2,1-2H3,(H,43,44). The van der Waals surface area contributed by atoms with Crippen molar-refractivity contribution in [3.63, 3.8) is 0 Å². The monoisotopic (exact) mass is 720 g/mol. The van der Waals surface area contributed by atoms with E-state index >= 15 is 0 Å². The number of ether oxygens (including phenoxy) is 2. The molecule has 0 radical (unpaired) electrons. The summed E-state index contributed by atoms with van der Waals surface area (Å²) >= 11 is 0. The molecule has 0 aliphatic carbocycles. The Morgan fingerprint density at radius 1 is 0.531 bits per heavy atom. The first-order chi connectivity index (χ1) is 23.9. The van der Waals surface area contributed by atoms with Crippen LogP contribution in [-0.4, -0.2) is 49.9 Å². The molecule has 294 valence electrons. The van der Waals surface area contributed by atoms with Gasteiger partial charge in [0.1, 0.15) is 6.10 Å². The predicted molar refractivity (Wildman–Crippen MR) is 206 cm³/mol. The van der Waals surface area contributed by atoms with Crippen LogP contribution in [0.15, 0.2) is 0 Å². The third-order valence-corrected chi connectivity index (χ3v) is 10.3. The first-order valence-electron chi connectivity index (χ1n) is 21.0. The topological polar surface area (TPSA) is 117 Å². The average molecular weight is 720 g/mol. The van der Waals surface area contributed by atoms with Crippen molar-refractivity contribution in [2.24, 2.45) is 5.73 Å². The molecule has 0 rings (SSSR count). The molecule has 0 saturated heterocycles. The molecule has 0 heterocycles. The summed E-state index contributed by atoms with van der Waals surface area (Å²) in [5, 5.41) is 0. The second-order valence-electron chi connectivity index (χ2n) is 14.2. The van der Waals surface area contributed by atoms with Gasteiger partial charge in [0.05, 0.1) is 19.8 Å². The zero-order valence-electron chi connectivity index (χ0n) is 32.5. The molecule has 0 aromatic carbocycles. The van der Waals surface area contributed by atoms with Gasteiger partial charge in [-0.25, -0.2) is 4.57 Å². The number of hydrogen-bond acceptors (Lipinski definition) is 7. The lowest BCUT2D eigenvalue weighted by Gasteiger charge is -2.20. The summed E-state index contributed by atoms with van der Waals surface area (Å²) in [4.78, 5) is 22.4. The fourth-order valence-electron chi connectivity index (χ4n) is 6.17. The lowest BCUT2D eigenvalue weighted by atomic mass is 10.0.